The molecule has 0 heterocycles. The molecule has 0 aliphatic heterocycles. The summed E-state index contributed by atoms with van der Waals surface area (Å²) >= 11 is 5.70. The zero-order valence-corrected chi connectivity index (χ0v) is 19.6. The molecular weight excluding hydrogens is 422 g/mol. The topological polar surface area (TPSA) is 72.5 Å². The number of unbranched alkanes of at least 4 members (excludes halogenated alkanes) is 9. The predicted octanol–water partition coefficient (Wildman–Crippen LogP) is 6.44. The molecule has 0 aromatic heterocycles. The Morgan fingerprint density at radius 2 is 1.57 bits per heavy atom. The molecule has 0 radical (unpaired) electrons. The molecule has 1 aromatic carbocycles. The molecule has 0 bridgehead atoms. The second kappa shape index (κ2) is 15.3. The van der Waals surface area contributed by atoms with Gasteiger partial charge < -0.3 is 4.74 Å². The summed E-state index contributed by atoms with van der Waals surface area (Å²) < 4.78 is 31.7. The van der Waals surface area contributed by atoms with E-state index in [1.807, 2.05) is 0 Å². The Labute approximate surface area is 187 Å². The van der Waals surface area contributed by atoms with Crippen molar-refractivity contribution >= 4 is 32.6 Å². The third-order valence-corrected chi connectivity index (χ3v) is 6.28. The third-order valence-electron chi connectivity index (χ3n) is 4.82. The maximum Gasteiger partial charge on any atom is 0.262 e. The summed E-state index contributed by atoms with van der Waals surface area (Å²) in [6.45, 7) is 5.66. The first-order valence-corrected chi connectivity index (χ1v) is 13.0. The van der Waals surface area contributed by atoms with Gasteiger partial charge in [-0.25, -0.2) is 8.42 Å². The van der Waals surface area contributed by atoms with E-state index in [1.54, 1.807) is 24.3 Å². The van der Waals surface area contributed by atoms with Gasteiger partial charge in [0, 0.05) is 5.69 Å². The molecule has 1 N–H and O–H groups in total. The van der Waals surface area contributed by atoms with Crippen LogP contribution in [0.1, 0.15) is 77.6 Å². The van der Waals surface area contributed by atoms with Crippen molar-refractivity contribution in [3.63, 3.8) is 0 Å². The van der Waals surface area contributed by atoms with Gasteiger partial charge >= 0.3 is 0 Å². The van der Waals surface area contributed by atoms with Gasteiger partial charge in [0.15, 0.2) is 6.10 Å². The fraction of sp³-hybridized carbons (Fsp3) is 0.609. The van der Waals surface area contributed by atoms with Crippen molar-refractivity contribution in [1.29, 1.82) is 0 Å². The van der Waals surface area contributed by atoms with Gasteiger partial charge in [0.2, 0.25) is 10.0 Å². The van der Waals surface area contributed by atoms with Crippen LogP contribution in [-0.4, -0.2) is 25.5 Å². The summed E-state index contributed by atoms with van der Waals surface area (Å²) in [6, 6.07) is 6.42. The molecule has 0 spiro atoms. The SMILES string of the molecule is C=CCS(=O)(=O)Nc1ccc(OC(CCCCCCCCCCCC)C(=O)Cl)cc1. The van der Waals surface area contributed by atoms with Crippen LogP contribution < -0.4 is 9.46 Å². The lowest BCUT2D eigenvalue weighted by Crippen LogP contribution is -2.23. The van der Waals surface area contributed by atoms with Gasteiger partial charge in [0.1, 0.15) is 5.75 Å². The Morgan fingerprint density at radius 3 is 2.07 bits per heavy atom. The first-order chi connectivity index (χ1) is 14.4. The summed E-state index contributed by atoms with van der Waals surface area (Å²) in [6.07, 6.45) is 13.4. The Hall–Kier alpha value is -1.53. The third kappa shape index (κ3) is 12.2. The highest BCUT2D eigenvalue weighted by molar-refractivity contribution is 7.92. The van der Waals surface area contributed by atoms with E-state index in [0.717, 1.165) is 19.3 Å². The highest BCUT2D eigenvalue weighted by Crippen LogP contribution is 2.21. The van der Waals surface area contributed by atoms with Gasteiger partial charge in [0.25, 0.3) is 5.24 Å². The standard InChI is InChI=1S/C23H36ClNO4S/c1-3-5-6-7-8-9-10-11-12-13-14-22(23(24)26)29-21-17-15-20(16-18-21)25-30(27,28)19-4-2/h4,15-18,22,25H,2-3,5-14,19H2,1H3. The fourth-order valence-corrected chi connectivity index (χ4v) is 4.22. The first kappa shape index (κ1) is 26.5. The second-order valence-electron chi connectivity index (χ2n) is 7.58. The van der Waals surface area contributed by atoms with Crippen LogP contribution in [0.15, 0.2) is 36.9 Å². The predicted molar refractivity (Wildman–Crippen MR) is 126 cm³/mol. The highest BCUT2D eigenvalue weighted by atomic mass is 35.5. The van der Waals surface area contributed by atoms with Crippen LogP contribution >= 0.6 is 11.6 Å². The molecule has 0 aliphatic rings. The lowest BCUT2D eigenvalue weighted by atomic mass is 10.0. The Bertz CT molecular complexity index is 719. The van der Waals surface area contributed by atoms with Gasteiger partial charge in [-0.2, -0.15) is 0 Å². The van der Waals surface area contributed by atoms with Crippen LogP contribution in [0.4, 0.5) is 5.69 Å². The van der Waals surface area contributed by atoms with E-state index in [1.165, 1.54) is 51.0 Å². The maximum absolute atomic E-state index is 11.7. The van der Waals surface area contributed by atoms with E-state index in [9.17, 15) is 13.2 Å². The Morgan fingerprint density at radius 1 is 1.03 bits per heavy atom. The molecule has 0 aliphatic carbocycles. The van der Waals surface area contributed by atoms with Crippen molar-refractivity contribution in [3.05, 3.63) is 36.9 Å². The minimum atomic E-state index is -3.45. The maximum atomic E-state index is 11.7. The van der Waals surface area contributed by atoms with Gasteiger partial charge in [-0.1, -0.05) is 70.8 Å². The fourth-order valence-electron chi connectivity index (χ4n) is 3.18. The molecule has 7 heteroatoms. The van der Waals surface area contributed by atoms with Crippen molar-refractivity contribution in [2.24, 2.45) is 0 Å². The molecular formula is C23H36ClNO4S. The zero-order chi connectivity index (χ0) is 22.2. The molecule has 1 unspecified atom stereocenters. The number of ether oxygens (including phenoxy) is 1. The van der Waals surface area contributed by atoms with Gasteiger partial charge in [-0.15, -0.1) is 6.58 Å². The molecule has 1 rings (SSSR count). The van der Waals surface area contributed by atoms with Gasteiger partial charge in [-0.3, -0.25) is 9.52 Å². The smallest absolute Gasteiger partial charge is 0.262 e. The molecule has 0 amide bonds. The molecule has 0 fully saturated rings. The Balaban J connectivity index is 2.33. The second-order valence-corrected chi connectivity index (χ2v) is 9.72. The lowest BCUT2D eigenvalue weighted by Gasteiger charge is -2.16. The largest absolute Gasteiger partial charge is 0.481 e. The number of carbonyl (C=O) groups excluding carboxylic acids is 1. The molecule has 0 saturated heterocycles. The van der Waals surface area contributed by atoms with Crippen LogP contribution in [0.2, 0.25) is 0 Å². The summed E-state index contributed by atoms with van der Waals surface area (Å²) in [4.78, 5) is 11.7. The number of carbonyl (C=O) groups is 1. The number of hydrogen-bond acceptors (Lipinski definition) is 4. The van der Waals surface area contributed by atoms with Crippen LogP contribution in [0.3, 0.4) is 0 Å². The van der Waals surface area contributed by atoms with E-state index in [2.05, 4.69) is 18.2 Å². The van der Waals surface area contributed by atoms with Crippen LogP contribution in [0, 0.1) is 0 Å². The summed E-state index contributed by atoms with van der Waals surface area (Å²) in [5.41, 5.74) is 0.424. The molecule has 0 saturated carbocycles. The molecule has 5 nitrogen and oxygen atoms in total. The van der Waals surface area contributed by atoms with Gasteiger partial charge in [0.05, 0.1) is 5.75 Å². The minimum absolute atomic E-state index is 0.160. The quantitative estimate of drug-likeness (QED) is 0.156. The average Bonchev–Trinajstić information content (AvgIpc) is 2.69. The number of hydrogen-bond donors (Lipinski definition) is 1. The molecule has 30 heavy (non-hydrogen) atoms. The van der Waals surface area contributed by atoms with E-state index < -0.39 is 21.4 Å². The summed E-state index contributed by atoms with van der Waals surface area (Å²) in [7, 11) is -3.45. The van der Waals surface area contributed by atoms with Crippen LogP contribution in [0.25, 0.3) is 0 Å². The van der Waals surface area contributed by atoms with Crippen molar-refractivity contribution in [2.75, 3.05) is 10.5 Å². The molecule has 1 aromatic rings. The number of nitrogens with one attached hydrogen (secondary N) is 1. The van der Waals surface area contributed by atoms with E-state index in [-0.39, 0.29) is 5.75 Å². The van der Waals surface area contributed by atoms with Crippen molar-refractivity contribution in [2.45, 2.75) is 83.7 Å². The van der Waals surface area contributed by atoms with Crippen LogP contribution in [-0.2, 0) is 14.8 Å². The molecule has 170 valence electrons. The summed E-state index contributed by atoms with van der Waals surface area (Å²) in [5, 5.41) is -0.512. The number of rotatable bonds is 18. The average molecular weight is 458 g/mol. The highest BCUT2D eigenvalue weighted by Gasteiger charge is 2.18. The molecule has 1 atom stereocenters. The number of benzene rings is 1. The van der Waals surface area contributed by atoms with E-state index >= 15 is 0 Å². The van der Waals surface area contributed by atoms with Gasteiger partial charge in [-0.05, 0) is 48.7 Å². The lowest BCUT2D eigenvalue weighted by molar-refractivity contribution is -0.118. The Kier molecular flexibility index (Phi) is 13.5. The van der Waals surface area contributed by atoms with E-state index in [4.69, 9.17) is 16.3 Å². The van der Waals surface area contributed by atoms with Crippen molar-refractivity contribution in [1.82, 2.24) is 0 Å². The normalized spacial score (nSPS) is 12.3. The van der Waals surface area contributed by atoms with Crippen LogP contribution in [0.5, 0.6) is 5.75 Å². The first-order valence-electron chi connectivity index (χ1n) is 11.0. The zero-order valence-electron chi connectivity index (χ0n) is 18.1. The summed E-state index contributed by atoms with van der Waals surface area (Å²) in [5.74, 6) is 0.320. The monoisotopic (exact) mass is 457 g/mol. The van der Waals surface area contributed by atoms with Crippen molar-refractivity contribution in [3.8, 4) is 5.75 Å². The minimum Gasteiger partial charge on any atom is -0.481 e. The number of sulfonamides is 1. The van der Waals surface area contributed by atoms with Crippen molar-refractivity contribution < 1.29 is 17.9 Å². The number of anilines is 1. The van der Waals surface area contributed by atoms with E-state index in [0.29, 0.717) is 17.9 Å². The number of halogens is 1.